The summed E-state index contributed by atoms with van der Waals surface area (Å²) in [6, 6.07) is 26.0. The lowest BCUT2D eigenvalue weighted by atomic mass is 10.0. The second kappa shape index (κ2) is 11.4. The molecule has 0 aliphatic rings. The standard InChI is InChI=1S/C30H30O4/c1-3-5-7-15-26(34-29(31)4-2)21-32-30-27-16-11-10-12-22(27)19-23-17-18-25(20-28(23)30)33-24-13-8-6-9-14-24/h4,6,8-14,16-20,26H,2-3,5,7,15,21H2,1H3. The lowest BCUT2D eigenvalue weighted by molar-refractivity contribution is -0.144. The Bertz CT molecular complexity index is 1260. The van der Waals surface area contributed by atoms with Crippen molar-refractivity contribution in [2.45, 2.75) is 38.7 Å². The Kier molecular flexibility index (Phi) is 7.82. The monoisotopic (exact) mass is 454 g/mol. The first-order chi connectivity index (χ1) is 16.7. The summed E-state index contributed by atoms with van der Waals surface area (Å²) in [5.74, 6) is 1.85. The number of carbonyl (C=O) groups is 1. The van der Waals surface area contributed by atoms with E-state index in [1.165, 1.54) is 6.08 Å². The summed E-state index contributed by atoms with van der Waals surface area (Å²) in [6.45, 7) is 5.95. The Morgan fingerprint density at radius 1 is 0.882 bits per heavy atom. The Morgan fingerprint density at radius 3 is 2.44 bits per heavy atom. The summed E-state index contributed by atoms with van der Waals surface area (Å²) in [7, 11) is 0. The first-order valence-electron chi connectivity index (χ1n) is 11.8. The summed E-state index contributed by atoms with van der Waals surface area (Å²) in [6.07, 6.45) is 4.77. The molecule has 4 heteroatoms. The van der Waals surface area contributed by atoms with Crippen LogP contribution in [0.3, 0.4) is 0 Å². The largest absolute Gasteiger partial charge is 0.488 e. The van der Waals surface area contributed by atoms with Gasteiger partial charge in [-0.15, -0.1) is 0 Å². The van der Waals surface area contributed by atoms with Gasteiger partial charge in [-0.3, -0.25) is 0 Å². The fraction of sp³-hybridized carbons (Fsp3) is 0.233. The molecule has 0 aromatic heterocycles. The molecule has 0 spiro atoms. The van der Waals surface area contributed by atoms with E-state index in [4.69, 9.17) is 14.2 Å². The van der Waals surface area contributed by atoms with Crippen LogP contribution in [0.25, 0.3) is 21.5 Å². The van der Waals surface area contributed by atoms with Gasteiger partial charge in [0.15, 0.2) is 0 Å². The fourth-order valence-corrected chi connectivity index (χ4v) is 4.03. The van der Waals surface area contributed by atoms with Crippen molar-refractivity contribution in [3.8, 4) is 17.2 Å². The van der Waals surface area contributed by atoms with Gasteiger partial charge in [0, 0.05) is 16.8 Å². The van der Waals surface area contributed by atoms with Crippen molar-refractivity contribution in [3.05, 3.63) is 91.5 Å². The number of hydrogen-bond acceptors (Lipinski definition) is 4. The molecule has 4 nitrogen and oxygen atoms in total. The fourth-order valence-electron chi connectivity index (χ4n) is 4.03. The molecule has 0 radical (unpaired) electrons. The number of carbonyl (C=O) groups excluding carboxylic acids is 1. The number of para-hydroxylation sites is 1. The molecule has 4 aromatic rings. The predicted octanol–water partition coefficient (Wildman–Crippen LogP) is 7.84. The van der Waals surface area contributed by atoms with Crippen molar-refractivity contribution in [1.29, 1.82) is 0 Å². The highest BCUT2D eigenvalue weighted by molar-refractivity contribution is 6.05. The molecule has 0 bridgehead atoms. The van der Waals surface area contributed by atoms with Crippen LogP contribution in [0.5, 0.6) is 17.2 Å². The van der Waals surface area contributed by atoms with Gasteiger partial charge in [0.1, 0.15) is 30.0 Å². The highest BCUT2D eigenvalue weighted by Crippen LogP contribution is 2.38. The van der Waals surface area contributed by atoms with Crippen LogP contribution in [-0.2, 0) is 9.53 Å². The zero-order chi connectivity index (χ0) is 23.8. The van der Waals surface area contributed by atoms with E-state index in [2.05, 4.69) is 31.7 Å². The number of rotatable bonds is 11. The molecule has 34 heavy (non-hydrogen) atoms. The molecule has 0 fully saturated rings. The maximum atomic E-state index is 11.9. The van der Waals surface area contributed by atoms with Crippen molar-refractivity contribution < 1.29 is 19.0 Å². The maximum absolute atomic E-state index is 11.9. The van der Waals surface area contributed by atoms with E-state index in [9.17, 15) is 4.79 Å². The van der Waals surface area contributed by atoms with Crippen LogP contribution in [0.4, 0.5) is 0 Å². The van der Waals surface area contributed by atoms with Gasteiger partial charge in [-0.1, -0.05) is 74.9 Å². The number of benzene rings is 4. The summed E-state index contributed by atoms with van der Waals surface area (Å²) in [5.41, 5.74) is 0. The van der Waals surface area contributed by atoms with E-state index in [-0.39, 0.29) is 12.7 Å². The second-order valence-electron chi connectivity index (χ2n) is 8.29. The Balaban J connectivity index is 1.68. The lowest BCUT2D eigenvalue weighted by Gasteiger charge is -2.20. The molecule has 0 heterocycles. The van der Waals surface area contributed by atoms with E-state index in [0.717, 1.165) is 64.5 Å². The third-order valence-corrected chi connectivity index (χ3v) is 5.76. The number of hydrogen-bond donors (Lipinski definition) is 0. The molecule has 0 aliphatic heterocycles. The van der Waals surface area contributed by atoms with Crippen LogP contribution in [0, 0.1) is 0 Å². The van der Waals surface area contributed by atoms with Gasteiger partial charge in [0.25, 0.3) is 0 Å². The van der Waals surface area contributed by atoms with Crippen molar-refractivity contribution in [2.75, 3.05) is 6.61 Å². The Hall–Kier alpha value is -3.79. The summed E-state index contributed by atoms with van der Waals surface area (Å²) >= 11 is 0. The average Bonchev–Trinajstić information content (AvgIpc) is 2.87. The van der Waals surface area contributed by atoms with E-state index in [0.29, 0.717) is 0 Å². The third-order valence-electron chi connectivity index (χ3n) is 5.76. The minimum atomic E-state index is -0.425. The van der Waals surface area contributed by atoms with Crippen LogP contribution < -0.4 is 9.47 Å². The molecule has 0 amide bonds. The van der Waals surface area contributed by atoms with Crippen molar-refractivity contribution in [2.24, 2.45) is 0 Å². The van der Waals surface area contributed by atoms with Gasteiger partial charge in [-0.25, -0.2) is 4.79 Å². The summed E-state index contributed by atoms with van der Waals surface area (Å²) in [4.78, 5) is 11.9. The first-order valence-corrected chi connectivity index (χ1v) is 11.8. The van der Waals surface area contributed by atoms with Gasteiger partial charge < -0.3 is 14.2 Å². The van der Waals surface area contributed by atoms with E-state index in [1.54, 1.807) is 0 Å². The van der Waals surface area contributed by atoms with Gasteiger partial charge in [-0.2, -0.15) is 0 Å². The summed E-state index contributed by atoms with van der Waals surface area (Å²) < 4.78 is 18.1. The van der Waals surface area contributed by atoms with Crippen LogP contribution >= 0.6 is 0 Å². The zero-order valence-corrected chi connectivity index (χ0v) is 19.5. The van der Waals surface area contributed by atoms with Crippen LogP contribution in [0.1, 0.15) is 32.6 Å². The van der Waals surface area contributed by atoms with Crippen LogP contribution in [0.15, 0.2) is 91.5 Å². The quantitative estimate of drug-likeness (QED) is 0.100. The molecule has 0 aliphatic carbocycles. The van der Waals surface area contributed by atoms with Gasteiger partial charge >= 0.3 is 5.97 Å². The molecule has 4 rings (SSSR count). The smallest absolute Gasteiger partial charge is 0.330 e. The number of esters is 1. The predicted molar refractivity (Wildman–Crippen MR) is 138 cm³/mol. The van der Waals surface area contributed by atoms with Crippen LogP contribution in [-0.4, -0.2) is 18.7 Å². The maximum Gasteiger partial charge on any atom is 0.330 e. The van der Waals surface area contributed by atoms with Gasteiger partial charge in [-0.05, 0) is 53.9 Å². The van der Waals surface area contributed by atoms with E-state index < -0.39 is 5.97 Å². The van der Waals surface area contributed by atoms with Crippen molar-refractivity contribution in [3.63, 3.8) is 0 Å². The lowest BCUT2D eigenvalue weighted by Crippen LogP contribution is -2.24. The van der Waals surface area contributed by atoms with Crippen molar-refractivity contribution in [1.82, 2.24) is 0 Å². The molecule has 0 saturated heterocycles. The van der Waals surface area contributed by atoms with Crippen LogP contribution in [0.2, 0.25) is 0 Å². The molecule has 0 N–H and O–H groups in total. The zero-order valence-electron chi connectivity index (χ0n) is 19.5. The molecular formula is C30H30O4. The third kappa shape index (κ3) is 5.76. The normalized spacial score (nSPS) is 11.8. The minimum absolute atomic E-state index is 0.274. The minimum Gasteiger partial charge on any atom is -0.488 e. The SMILES string of the molecule is C=CC(=O)OC(CCCCC)COc1c2ccccc2cc2ccc(Oc3ccccc3)cc12. The molecular weight excluding hydrogens is 424 g/mol. The highest BCUT2D eigenvalue weighted by Gasteiger charge is 2.17. The van der Waals surface area contributed by atoms with Crippen molar-refractivity contribution >= 4 is 27.5 Å². The Morgan fingerprint density at radius 2 is 1.65 bits per heavy atom. The number of ether oxygens (including phenoxy) is 3. The van der Waals surface area contributed by atoms with Gasteiger partial charge in [0.2, 0.25) is 0 Å². The number of fused-ring (bicyclic) bond motifs is 2. The Labute approximate surface area is 200 Å². The molecule has 4 aromatic carbocycles. The second-order valence-corrected chi connectivity index (χ2v) is 8.29. The summed E-state index contributed by atoms with van der Waals surface area (Å²) in [5, 5.41) is 4.11. The first kappa shape index (κ1) is 23.4. The average molecular weight is 455 g/mol. The van der Waals surface area contributed by atoms with E-state index in [1.807, 2.05) is 60.7 Å². The number of unbranched alkanes of at least 4 members (excludes halogenated alkanes) is 2. The van der Waals surface area contributed by atoms with Gasteiger partial charge in [0.05, 0.1) is 0 Å². The molecule has 174 valence electrons. The van der Waals surface area contributed by atoms with E-state index >= 15 is 0 Å². The topological polar surface area (TPSA) is 44.8 Å². The highest BCUT2D eigenvalue weighted by atomic mass is 16.6. The molecule has 0 saturated carbocycles. The molecule has 1 atom stereocenters. The molecule has 1 unspecified atom stereocenters.